The van der Waals surface area contributed by atoms with E-state index in [1.165, 1.54) is 52.0 Å². The minimum absolute atomic E-state index is 0.523. The SMILES string of the molecule is CNC1CCCN(CC2(C)CCNC2)C1. The molecule has 2 fully saturated rings. The lowest BCUT2D eigenvalue weighted by atomic mass is 9.88. The van der Waals surface area contributed by atoms with E-state index in [2.05, 4.69) is 29.5 Å². The molecule has 2 unspecified atom stereocenters. The Morgan fingerprint density at radius 1 is 1.53 bits per heavy atom. The molecular weight excluding hydrogens is 186 g/mol. The predicted octanol–water partition coefficient (Wildman–Crippen LogP) is 0.670. The van der Waals surface area contributed by atoms with Gasteiger partial charge in [-0.3, -0.25) is 0 Å². The number of likely N-dealkylation sites (tertiary alicyclic amines) is 1. The molecule has 2 aliphatic rings. The van der Waals surface area contributed by atoms with E-state index in [9.17, 15) is 0 Å². The van der Waals surface area contributed by atoms with Crippen LogP contribution >= 0.6 is 0 Å². The zero-order chi connectivity index (χ0) is 10.7. The van der Waals surface area contributed by atoms with Crippen molar-refractivity contribution >= 4 is 0 Å². The lowest BCUT2D eigenvalue weighted by Crippen LogP contribution is -2.48. The molecule has 3 nitrogen and oxygen atoms in total. The van der Waals surface area contributed by atoms with Gasteiger partial charge >= 0.3 is 0 Å². The van der Waals surface area contributed by atoms with Gasteiger partial charge in [0.05, 0.1) is 0 Å². The Balaban J connectivity index is 1.83. The van der Waals surface area contributed by atoms with Gasteiger partial charge in [0.15, 0.2) is 0 Å². The Morgan fingerprint density at radius 2 is 2.40 bits per heavy atom. The van der Waals surface area contributed by atoms with Crippen LogP contribution in [0.2, 0.25) is 0 Å². The largest absolute Gasteiger partial charge is 0.316 e. The number of rotatable bonds is 3. The summed E-state index contributed by atoms with van der Waals surface area (Å²) in [4.78, 5) is 2.65. The summed E-state index contributed by atoms with van der Waals surface area (Å²) < 4.78 is 0. The lowest BCUT2D eigenvalue weighted by molar-refractivity contribution is 0.134. The van der Waals surface area contributed by atoms with Crippen LogP contribution in [0.4, 0.5) is 0 Å². The maximum atomic E-state index is 3.49. The van der Waals surface area contributed by atoms with Crippen molar-refractivity contribution in [3.8, 4) is 0 Å². The van der Waals surface area contributed by atoms with Gasteiger partial charge in [-0.25, -0.2) is 0 Å². The summed E-state index contributed by atoms with van der Waals surface area (Å²) in [6.45, 7) is 8.65. The summed E-state index contributed by atoms with van der Waals surface area (Å²) in [7, 11) is 2.09. The fourth-order valence-corrected chi connectivity index (χ4v) is 2.98. The molecule has 0 radical (unpaired) electrons. The highest BCUT2D eigenvalue weighted by Gasteiger charge is 2.32. The molecule has 0 aromatic rings. The Bertz CT molecular complexity index is 199. The normalized spacial score (nSPS) is 38.4. The van der Waals surface area contributed by atoms with Gasteiger partial charge in [0.25, 0.3) is 0 Å². The molecule has 2 rings (SSSR count). The first-order valence-corrected chi connectivity index (χ1v) is 6.32. The van der Waals surface area contributed by atoms with Crippen LogP contribution in [0.5, 0.6) is 0 Å². The predicted molar refractivity (Wildman–Crippen MR) is 64.1 cm³/mol. The first kappa shape index (κ1) is 11.4. The zero-order valence-corrected chi connectivity index (χ0v) is 10.2. The molecule has 0 aromatic carbocycles. The monoisotopic (exact) mass is 211 g/mol. The molecular formula is C12H25N3. The molecule has 0 aliphatic carbocycles. The fourth-order valence-electron chi connectivity index (χ4n) is 2.98. The van der Waals surface area contributed by atoms with Crippen molar-refractivity contribution in [3.63, 3.8) is 0 Å². The number of hydrogen-bond acceptors (Lipinski definition) is 3. The minimum Gasteiger partial charge on any atom is -0.316 e. The second-order valence-electron chi connectivity index (χ2n) is 5.60. The van der Waals surface area contributed by atoms with Crippen LogP contribution < -0.4 is 10.6 Å². The molecule has 2 heterocycles. The third kappa shape index (κ3) is 2.92. The van der Waals surface area contributed by atoms with Crippen molar-refractivity contribution in [2.24, 2.45) is 5.41 Å². The standard InChI is InChI=1S/C12H25N3/c1-12(5-6-14-9-12)10-15-7-3-4-11(8-15)13-2/h11,13-14H,3-10H2,1-2H3. The van der Waals surface area contributed by atoms with Crippen LogP contribution in [0.1, 0.15) is 26.2 Å². The Hall–Kier alpha value is -0.120. The Labute approximate surface area is 93.6 Å². The van der Waals surface area contributed by atoms with Crippen LogP contribution in [0.3, 0.4) is 0 Å². The van der Waals surface area contributed by atoms with E-state index in [1.807, 2.05) is 0 Å². The molecule has 0 bridgehead atoms. The average Bonchev–Trinajstić information content (AvgIpc) is 2.65. The van der Waals surface area contributed by atoms with Gasteiger partial charge in [-0.05, 0) is 44.8 Å². The van der Waals surface area contributed by atoms with Crippen molar-refractivity contribution in [1.82, 2.24) is 15.5 Å². The van der Waals surface area contributed by atoms with E-state index in [-0.39, 0.29) is 0 Å². The topological polar surface area (TPSA) is 27.3 Å². The highest BCUT2D eigenvalue weighted by atomic mass is 15.2. The van der Waals surface area contributed by atoms with Crippen LogP contribution in [-0.2, 0) is 0 Å². The van der Waals surface area contributed by atoms with Crippen molar-refractivity contribution in [1.29, 1.82) is 0 Å². The van der Waals surface area contributed by atoms with Crippen LogP contribution in [0, 0.1) is 5.41 Å². The quantitative estimate of drug-likeness (QED) is 0.718. The zero-order valence-electron chi connectivity index (χ0n) is 10.2. The van der Waals surface area contributed by atoms with E-state index in [0.29, 0.717) is 5.41 Å². The average molecular weight is 211 g/mol. The number of nitrogens with one attached hydrogen (secondary N) is 2. The Kier molecular flexibility index (Phi) is 3.65. The van der Waals surface area contributed by atoms with Gasteiger partial charge in [0.1, 0.15) is 0 Å². The van der Waals surface area contributed by atoms with Crippen molar-refractivity contribution < 1.29 is 0 Å². The molecule has 0 saturated carbocycles. The number of hydrogen-bond donors (Lipinski definition) is 2. The molecule has 88 valence electrons. The van der Waals surface area contributed by atoms with E-state index in [4.69, 9.17) is 0 Å². The lowest BCUT2D eigenvalue weighted by Gasteiger charge is -2.37. The van der Waals surface area contributed by atoms with Gasteiger partial charge in [-0.15, -0.1) is 0 Å². The van der Waals surface area contributed by atoms with E-state index in [0.717, 1.165) is 6.04 Å². The summed E-state index contributed by atoms with van der Waals surface area (Å²) in [5, 5.41) is 6.90. The van der Waals surface area contributed by atoms with Gasteiger partial charge in [0, 0.05) is 25.7 Å². The summed E-state index contributed by atoms with van der Waals surface area (Å²) in [6, 6.07) is 0.719. The molecule has 0 amide bonds. The van der Waals surface area contributed by atoms with Crippen molar-refractivity contribution in [2.75, 3.05) is 39.8 Å². The molecule has 0 spiro atoms. The van der Waals surface area contributed by atoms with E-state index in [1.54, 1.807) is 0 Å². The number of likely N-dealkylation sites (N-methyl/N-ethyl adjacent to an activating group) is 1. The van der Waals surface area contributed by atoms with Crippen molar-refractivity contribution in [3.05, 3.63) is 0 Å². The maximum absolute atomic E-state index is 3.49. The molecule has 3 heteroatoms. The van der Waals surface area contributed by atoms with Crippen LogP contribution in [0.15, 0.2) is 0 Å². The third-order valence-electron chi connectivity index (χ3n) is 3.98. The molecule has 2 atom stereocenters. The second-order valence-corrected chi connectivity index (χ2v) is 5.60. The molecule has 2 saturated heterocycles. The van der Waals surface area contributed by atoms with E-state index >= 15 is 0 Å². The summed E-state index contributed by atoms with van der Waals surface area (Å²) in [5.74, 6) is 0. The summed E-state index contributed by atoms with van der Waals surface area (Å²) in [5.41, 5.74) is 0.523. The molecule has 0 aromatic heterocycles. The minimum atomic E-state index is 0.523. The smallest absolute Gasteiger partial charge is 0.0192 e. The Morgan fingerprint density at radius 3 is 3.07 bits per heavy atom. The first-order valence-electron chi connectivity index (χ1n) is 6.32. The number of nitrogens with zero attached hydrogens (tertiary/aromatic N) is 1. The molecule has 15 heavy (non-hydrogen) atoms. The van der Waals surface area contributed by atoms with Crippen LogP contribution in [0.25, 0.3) is 0 Å². The van der Waals surface area contributed by atoms with Gasteiger partial charge in [0.2, 0.25) is 0 Å². The third-order valence-corrected chi connectivity index (χ3v) is 3.98. The first-order chi connectivity index (χ1) is 7.22. The van der Waals surface area contributed by atoms with Gasteiger partial charge in [-0.2, -0.15) is 0 Å². The van der Waals surface area contributed by atoms with E-state index < -0.39 is 0 Å². The molecule has 2 aliphatic heterocycles. The molecule has 2 N–H and O–H groups in total. The van der Waals surface area contributed by atoms with Crippen molar-refractivity contribution in [2.45, 2.75) is 32.2 Å². The number of piperidine rings is 1. The fraction of sp³-hybridized carbons (Fsp3) is 1.00. The van der Waals surface area contributed by atoms with Gasteiger partial charge < -0.3 is 15.5 Å². The highest BCUT2D eigenvalue weighted by molar-refractivity contribution is 4.88. The second kappa shape index (κ2) is 4.81. The van der Waals surface area contributed by atoms with Gasteiger partial charge in [-0.1, -0.05) is 6.92 Å². The summed E-state index contributed by atoms with van der Waals surface area (Å²) in [6.07, 6.45) is 4.05. The summed E-state index contributed by atoms with van der Waals surface area (Å²) >= 11 is 0. The maximum Gasteiger partial charge on any atom is 0.0192 e. The van der Waals surface area contributed by atoms with Crippen LogP contribution in [-0.4, -0.2) is 50.7 Å². The highest BCUT2D eigenvalue weighted by Crippen LogP contribution is 2.26.